The number of hydrogen-bond donors (Lipinski definition) is 1. The third kappa shape index (κ3) is 6.97. The standard InChI is InChI=1S/C32H36N4O2/c1-23(2)20-35(31(38)19-25-11-7-5-8-12-25)22-30(37)34-32-33-29(27-13-9-6-10-14-27)21-36(32)28-17-15-26(16-18-28)24(3)4/h5-18,21,23-24H,19-20,22H2,1-4H3,(H,33,34,37). The highest BCUT2D eigenvalue weighted by molar-refractivity contribution is 5.94. The summed E-state index contributed by atoms with van der Waals surface area (Å²) < 4.78 is 1.89. The van der Waals surface area contributed by atoms with Gasteiger partial charge in [0, 0.05) is 24.0 Å². The molecule has 38 heavy (non-hydrogen) atoms. The van der Waals surface area contributed by atoms with Crippen LogP contribution >= 0.6 is 0 Å². The van der Waals surface area contributed by atoms with Crippen LogP contribution in [0, 0.1) is 5.92 Å². The molecule has 0 saturated carbocycles. The Hall–Kier alpha value is -4.19. The molecule has 6 nitrogen and oxygen atoms in total. The quantitative estimate of drug-likeness (QED) is 0.272. The number of nitrogens with one attached hydrogen (secondary N) is 1. The lowest BCUT2D eigenvalue weighted by atomic mass is 10.0. The molecule has 6 heteroatoms. The van der Waals surface area contributed by atoms with Gasteiger partial charge in [0.2, 0.25) is 17.8 Å². The molecule has 0 radical (unpaired) electrons. The zero-order chi connectivity index (χ0) is 27.1. The Morgan fingerprint density at radius 3 is 2.11 bits per heavy atom. The van der Waals surface area contributed by atoms with Crippen molar-refractivity contribution < 1.29 is 9.59 Å². The average molecular weight is 509 g/mol. The van der Waals surface area contributed by atoms with Crippen molar-refractivity contribution >= 4 is 17.8 Å². The van der Waals surface area contributed by atoms with Gasteiger partial charge in [-0.05, 0) is 35.1 Å². The number of anilines is 1. The zero-order valence-electron chi connectivity index (χ0n) is 22.6. The molecule has 1 N–H and O–H groups in total. The van der Waals surface area contributed by atoms with Crippen LogP contribution in [0.4, 0.5) is 5.95 Å². The molecule has 4 aromatic rings. The van der Waals surface area contributed by atoms with Crippen molar-refractivity contribution in [1.82, 2.24) is 14.5 Å². The predicted octanol–water partition coefficient (Wildman–Crippen LogP) is 6.33. The van der Waals surface area contributed by atoms with E-state index < -0.39 is 0 Å². The Morgan fingerprint density at radius 2 is 1.50 bits per heavy atom. The summed E-state index contributed by atoms with van der Waals surface area (Å²) in [6.45, 7) is 8.87. The summed E-state index contributed by atoms with van der Waals surface area (Å²) in [5, 5.41) is 2.98. The van der Waals surface area contributed by atoms with Crippen LogP contribution in [-0.2, 0) is 16.0 Å². The minimum Gasteiger partial charge on any atom is -0.333 e. The van der Waals surface area contributed by atoms with E-state index >= 15 is 0 Å². The van der Waals surface area contributed by atoms with Crippen LogP contribution in [-0.4, -0.2) is 39.4 Å². The number of rotatable bonds is 10. The summed E-state index contributed by atoms with van der Waals surface area (Å²) in [6, 6.07) is 27.8. The van der Waals surface area contributed by atoms with Gasteiger partial charge >= 0.3 is 0 Å². The number of amides is 2. The first-order valence-corrected chi connectivity index (χ1v) is 13.2. The van der Waals surface area contributed by atoms with Gasteiger partial charge in [0.1, 0.15) is 0 Å². The first-order valence-electron chi connectivity index (χ1n) is 13.2. The van der Waals surface area contributed by atoms with E-state index in [2.05, 4.69) is 31.3 Å². The second-order valence-corrected chi connectivity index (χ2v) is 10.3. The molecule has 3 aromatic carbocycles. The van der Waals surface area contributed by atoms with Crippen molar-refractivity contribution in [2.75, 3.05) is 18.4 Å². The fourth-order valence-corrected chi connectivity index (χ4v) is 4.35. The van der Waals surface area contributed by atoms with Gasteiger partial charge in [-0.25, -0.2) is 4.98 Å². The van der Waals surface area contributed by atoms with Gasteiger partial charge in [-0.1, -0.05) is 100 Å². The normalized spacial score (nSPS) is 11.1. The SMILES string of the molecule is CC(C)CN(CC(=O)Nc1nc(-c2ccccc2)cn1-c1ccc(C(C)C)cc1)C(=O)Cc1ccccc1. The van der Waals surface area contributed by atoms with E-state index in [1.54, 1.807) is 4.90 Å². The molecule has 0 aliphatic rings. The van der Waals surface area contributed by atoms with E-state index in [1.807, 2.05) is 97.4 Å². The van der Waals surface area contributed by atoms with E-state index in [-0.39, 0.29) is 30.7 Å². The topological polar surface area (TPSA) is 67.2 Å². The maximum absolute atomic E-state index is 13.3. The molecule has 0 saturated heterocycles. The number of carbonyl (C=O) groups excluding carboxylic acids is 2. The molecule has 1 aromatic heterocycles. The van der Waals surface area contributed by atoms with Gasteiger partial charge in [0.05, 0.1) is 18.7 Å². The van der Waals surface area contributed by atoms with Crippen LogP contribution in [0.15, 0.2) is 91.1 Å². The molecule has 196 valence electrons. The van der Waals surface area contributed by atoms with Crippen LogP contribution in [0.25, 0.3) is 16.9 Å². The molecule has 0 aliphatic heterocycles. The fraction of sp³-hybridized carbons (Fsp3) is 0.281. The largest absolute Gasteiger partial charge is 0.333 e. The van der Waals surface area contributed by atoms with Crippen LogP contribution in [0.3, 0.4) is 0 Å². The van der Waals surface area contributed by atoms with E-state index in [9.17, 15) is 9.59 Å². The highest BCUT2D eigenvalue weighted by Crippen LogP contribution is 2.25. The highest BCUT2D eigenvalue weighted by Gasteiger charge is 2.21. The van der Waals surface area contributed by atoms with Crippen molar-refractivity contribution in [2.24, 2.45) is 5.92 Å². The summed E-state index contributed by atoms with van der Waals surface area (Å²) >= 11 is 0. The number of benzene rings is 3. The minimum atomic E-state index is -0.280. The fourth-order valence-electron chi connectivity index (χ4n) is 4.35. The van der Waals surface area contributed by atoms with Crippen molar-refractivity contribution in [1.29, 1.82) is 0 Å². The molecule has 2 amide bonds. The van der Waals surface area contributed by atoms with E-state index in [0.717, 1.165) is 22.5 Å². The van der Waals surface area contributed by atoms with Gasteiger partial charge in [-0.15, -0.1) is 0 Å². The molecule has 0 spiro atoms. The lowest BCUT2D eigenvalue weighted by molar-refractivity contribution is -0.134. The third-order valence-corrected chi connectivity index (χ3v) is 6.34. The molecule has 1 heterocycles. The molecular formula is C32H36N4O2. The highest BCUT2D eigenvalue weighted by atomic mass is 16.2. The summed E-state index contributed by atoms with van der Waals surface area (Å²) in [5.41, 5.74) is 4.79. The Bertz CT molecular complexity index is 1340. The zero-order valence-corrected chi connectivity index (χ0v) is 22.6. The number of aromatic nitrogens is 2. The number of hydrogen-bond acceptors (Lipinski definition) is 3. The summed E-state index contributed by atoms with van der Waals surface area (Å²) in [5.74, 6) is 0.723. The maximum Gasteiger partial charge on any atom is 0.246 e. The number of imidazole rings is 1. The monoisotopic (exact) mass is 508 g/mol. The Kier molecular flexibility index (Phi) is 8.74. The van der Waals surface area contributed by atoms with Crippen molar-refractivity contribution in [3.05, 3.63) is 102 Å². The van der Waals surface area contributed by atoms with Crippen molar-refractivity contribution in [2.45, 2.75) is 40.0 Å². The predicted molar refractivity (Wildman–Crippen MR) is 153 cm³/mol. The Balaban J connectivity index is 1.58. The van der Waals surface area contributed by atoms with Crippen LogP contribution in [0.5, 0.6) is 0 Å². The second kappa shape index (κ2) is 12.4. The number of nitrogens with zero attached hydrogens (tertiary/aromatic N) is 3. The lowest BCUT2D eigenvalue weighted by Crippen LogP contribution is -2.41. The number of carbonyl (C=O) groups is 2. The summed E-state index contributed by atoms with van der Waals surface area (Å²) in [7, 11) is 0. The van der Waals surface area contributed by atoms with E-state index in [4.69, 9.17) is 4.98 Å². The van der Waals surface area contributed by atoms with Crippen LogP contribution in [0.2, 0.25) is 0 Å². The van der Waals surface area contributed by atoms with E-state index in [1.165, 1.54) is 5.56 Å². The van der Waals surface area contributed by atoms with Gasteiger partial charge in [-0.2, -0.15) is 0 Å². The van der Waals surface area contributed by atoms with Gasteiger partial charge in [-0.3, -0.25) is 19.5 Å². The smallest absolute Gasteiger partial charge is 0.246 e. The minimum absolute atomic E-state index is 0.0380. The molecule has 0 bridgehead atoms. The van der Waals surface area contributed by atoms with Gasteiger partial charge in [0.25, 0.3) is 0 Å². The molecular weight excluding hydrogens is 472 g/mol. The average Bonchev–Trinajstić information content (AvgIpc) is 3.32. The second-order valence-electron chi connectivity index (χ2n) is 10.3. The van der Waals surface area contributed by atoms with Crippen LogP contribution in [0.1, 0.15) is 44.7 Å². The van der Waals surface area contributed by atoms with Gasteiger partial charge in [0.15, 0.2) is 0 Å². The summed E-state index contributed by atoms with van der Waals surface area (Å²) in [4.78, 5) is 32.8. The molecule has 0 aliphatic carbocycles. The third-order valence-electron chi connectivity index (χ3n) is 6.34. The van der Waals surface area contributed by atoms with Crippen molar-refractivity contribution in [3.8, 4) is 16.9 Å². The maximum atomic E-state index is 13.3. The van der Waals surface area contributed by atoms with E-state index in [0.29, 0.717) is 18.4 Å². The molecule has 0 atom stereocenters. The molecule has 0 fully saturated rings. The van der Waals surface area contributed by atoms with Gasteiger partial charge < -0.3 is 4.90 Å². The Morgan fingerprint density at radius 1 is 0.868 bits per heavy atom. The van der Waals surface area contributed by atoms with Crippen LogP contribution < -0.4 is 5.32 Å². The molecule has 0 unspecified atom stereocenters. The lowest BCUT2D eigenvalue weighted by Gasteiger charge is -2.24. The Labute approximate surface area is 225 Å². The first-order chi connectivity index (χ1) is 18.3. The molecule has 4 rings (SSSR count). The summed E-state index contributed by atoms with van der Waals surface area (Å²) in [6.07, 6.45) is 2.19. The first kappa shape index (κ1) is 26.9. The van der Waals surface area contributed by atoms with Crippen molar-refractivity contribution in [3.63, 3.8) is 0 Å².